The molecule has 1 aromatic heterocycles. The number of methoxy groups -OCH3 is 1. The number of rotatable bonds is 5. The Labute approximate surface area is 96.4 Å². The van der Waals surface area contributed by atoms with E-state index in [9.17, 15) is 9.59 Å². The van der Waals surface area contributed by atoms with Gasteiger partial charge in [-0.2, -0.15) is 0 Å². The Morgan fingerprint density at radius 3 is 2.41 bits per heavy atom. The number of ether oxygens (including phenoxy) is 1. The van der Waals surface area contributed by atoms with Gasteiger partial charge in [0.1, 0.15) is 0 Å². The molecule has 1 aromatic rings. The Bertz CT molecular complexity index is 436. The molecule has 0 unspecified atom stereocenters. The standard InChI is InChI=1S/C10H10N2O5/c1-17-8-3-2-6(4-12-8)11-5-7(9(13)14)10(15)16/h2-5,11H,1H3,(H,13,14)(H,15,16). The summed E-state index contributed by atoms with van der Waals surface area (Å²) in [4.78, 5) is 24.9. The van der Waals surface area contributed by atoms with E-state index in [4.69, 9.17) is 14.9 Å². The number of carboxylic acid groups (broad SMARTS) is 2. The Hall–Kier alpha value is -2.57. The lowest BCUT2D eigenvalue weighted by molar-refractivity contribution is -0.140. The van der Waals surface area contributed by atoms with Crippen molar-refractivity contribution in [3.05, 3.63) is 30.1 Å². The van der Waals surface area contributed by atoms with Gasteiger partial charge in [-0.25, -0.2) is 14.6 Å². The van der Waals surface area contributed by atoms with Gasteiger partial charge in [-0.05, 0) is 6.07 Å². The highest BCUT2D eigenvalue weighted by molar-refractivity contribution is 6.12. The third kappa shape index (κ3) is 3.49. The summed E-state index contributed by atoms with van der Waals surface area (Å²) in [5, 5.41) is 19.7. The second-order valence-electron chi connectivity index (χ2n) is 2.90. The van der Waals surface area contributed by atoms with Crippen molar-refractivity contribution in [2.45, 2.75) is 0 Å². The van der Waals surface area contributed by atoms with Crippen molar-refractivity contribution in [2.24, 2.45) is 0 Å². The van der Waals surface area contributed by atoms with Crippen molar-refractivity contribution < 1.29 is 24.5 Å². The number of hydrogen-bond acceptors (Lipinski definition) is 5. The second-order valence-corrected chi connectivity index (χ2v) is 2.90. The summed E-state index contributed by atoms with van der Waals surface area (Å²) in [7, 11) is 1.46. The summed E-state index contributed by atoms with van der Waals surface area (Å²) in [6.07, 6.45) is 2.27. The molecule has 0 aliphatic carbocycles. The highest BCUT2D eigenvalue weighted by Gasteiger charge is 2.15. The zero-order chi connectivity index (χ0) is 12.8. The summed E-state index contributed by atoms with van der Waals surface area (Å²) >= 11 is 0. The molecule has 90 valence electrons. The molecule has 0 bridgehead atoms. The molecular formula is C10H10N2O5. The van der Waals surface area contributed by atoms with Crippen LogP contribution in [0.25, 0.3) is 0 Å². The van der Waals surface area contributed by atoms with Crippen LogP contribution in [0.15, 0.2) is 30.1 Å². The summed E-state index contributed by atoms with van der Waals surface area (Å²) < 4.78 is 4.83. The lowest BCUT2D eigenvalue weighted by atomic mass is 10.3. The highest BCUT2D eigenvalue weighted by Crippen LogP contribution is 2.11. The number of carboxylic acids is 2. The molecule has 1 rings (SSSR count). The van der Waals surface area contributed by atoms with Crippen LogP contribution in [0.2, 0.25) is 0 Å². The topological polar surface area (TPSA) is 109 Å². The Balaban J connectivity index is 2.80. The van der Waals surface area contributed by atoms with E-state index in [1.54, 1.807) is 12.1 Å². The molecule has 0 aromatic carbocycles. The molecule has 0 radical (unpaired) electrons. The number of aliphatic carboxylic acids is 2. The van der Waals surface area contributed by atoms with Gasteiger partial charge in [0, 0.05) is 12.3 Å². The smallest absolute Gasteiger partial charge is 0.344 e. The van der Waals surface area contributed by atoms with Crippen molar-refractivity contribution in [1.29, 1.82) is 0 Å². The van der Waals surface area contributed by atoms with Crippen LogP contribution in [-0.2, 0) is 9.59 Å². The van der Waals surface area contributed by atoms with Gasteiger partial charge in [0.05, 0.1) is 19.0 Å². The van der Waals surface area contributed by atoms with Crippen LogP contribution in [0, 0.1) is 0 Å². The average molecular weight is 238 g/mol. The molecule has 7 heteroatoms. The summed E-state index contributed by atoms with van der Waals surface area (Å²) in [6.45, 7) is 0. The number of pyridine rings is 1. The predicted octanol–water partition coefficient (Wildman–Crippen LogP) is 0.555. The maximum absolute atomic E-state index is 10.5. The number of hydrogen-bond donors (Lipinski definition) is 3. The fourth-order valence-corrected chi connectivity index (χ4v) is 0.957. The van der Waals surface area contributed by atoms with E-state index >= 15 is 0 Å². The van der Waals surface area contributed by atoms with Crippen molar-refractivity contribution in [2.75, 3.05) is 12.4 Å². The van der Waals surface area contributed by atoms with Gasteiger partial charge in [0.25, 0.3) is 0 Å². The normalized spacial score (nSPS) is 9.24. The molecule has 0 fully saturated rings. The molecule has 3 N–H and O–H groups in total. The first-order valence-electron chi connectivity index (χ1n) is 4.48. The minimum absolute atomic E-state index is 0.399. The quantitative estimate of drug-likeness (QED) is 0.390. The van der Waals surface area contributed by atoms with Gasteiger partial charge >= 0.3 is 11.9 Å². The summed E-state index contributed by atoms with van der Waals surface area (Å²) in [6, 6.07) is 3.13. The van der Waals surface area contributed by atoms with E-state index in [0.717, 1.165) is 6.20 Å². The van der Waals surface area contributed by atoms with Crippen LogP contribution in [0.1, 0.15) is 0 Å². The van der Waals surface area contributed by atoms with Crippen LogP contribution >= 0.6 is 0 Å². The first-order chi connectivity index (χ1) is 8.04. The monoisotopic (exact) mass is 238 g/mol. The largest absolute Gasteiger partial charge is 0.481 e. The van der Waals surface area contributed by atoms with Crippen LogP contribution < -0.4 is 10.1 Å². The maximum Gasteiger partial charge on any atom is 0.344 e. The molecule has 7 nitrogen and oxygen atoms in total. The van der Waals surface area contributed by atoms with E-state index in [1.165, 1.54) is 13.3 Å². The first kappa shape index (κ1) is 12.5. The van der Waals surface area contributed by atoms with Gasteiger partial charge in [-0.1, -0.05) is 0 Å². The third-order valence-electron chi connectivity index (χ3n) is 1.79. The minimum atomic E-state index is -1.52. The summed E-state index contributed by atoms with van der Waals surface area (Å²) in [5.41, 5.74) is -0.313. The van der Waals surface area contributed by atoms with Crippen molar-refractivity contribution in [1.82, 2.24) is 4.98 Å². The zero-order valence-corrected chi connectivity index (χ0v) is 8.88. The molecule has 1 heterocycles. The van der Waals surface area contributed by atoms with Crippen molar-refractivity contribution in [3.8, 4) is 5.88 Å². The van der Waals surface area contributed by atoms with Gasteiger partial charge in [0.2, 0.25) is 5.88 Å². The fraction of sp³-hybridized carbons (Fsp3) is 0.100. The molecule has 17 heavy (non-hydrogen) atoms. The minimum Gasteiger partial charge on any atom is -0.481 e. The van der Waals surface area contributed by atoms with Gasteiger partial charge in [0.15, 0.2) is 5.57 Å². The van der Waals surface area contributed by atoms with E-state index in [0.29, 0.717) is 11.6 Å². The van der Waals surface area contributed by atoms with Crippen LogP contribution in [-0.4, -0.2) is 34.2 Å². The molecular weight excluding hydrogens is 228 g/mol. The molecule has 0 aliphatic heterocycles. The van der Waals surface area contributed by atoms with E-state index in [-0.39, 0.29) is 0 Å². The number of anilines is 1. The Morgan fingerprint density at radius 1 is 1.35 bits per heavy atom. The van der Waals surface area contributed by atoms with Crippen molar-refractivity contribution in [3.63, 3.8) is 0 Å². The van der Waals surface area contributed by atoms with E-state index in [2.05, 4.69) is 10.3 Å². The number of nitrogens with one attached hydrogen (secondary N) is 1. The second kappa shape index (κ2) is 5.50. The van der Waals surface area contributed by atoms with Crippen molar-refractivity contribution >= 4 is 17.6 Å². The zero-order valence-electron chi connectivity index (χ0n) is 8.88. The highest BCUT2D eigenvalue weighted by atomic mass is 16.5. The SMILES string of the molecule is COc1ccc(NC=C(C(=O)O)C(=O)O)cn1. The van der Waals surface area contributed by atoms with Crippen LogP contribution in [0.5, 0.6) is 5.88 Å². The number of aromatic nitrogens is 1. The molecule has 0 saturated carbocycles. The van der Waals surface area contributed by atoms with E-state index in [1.807, 2.05) is 0 Å². The molecule has 0 amide bonds. The molecule has 0 atom stereocenters. The Kier molecular flexibility index (Phi) is 4.04. The average Bonchev–Trinajstić information content (AvgIpc) is 2.29. The molecule has 0 aliphatic rings. The molecule has 0 spiro atoms. The number of carbonyl (C=O) groups is 2. The Morgan fingerprint density at radius 2 is 2.00 bits per heavy atom. The van der Waals surface area contributed by atoms with Gasteiger partial charge in [-0.3, -0.25) is 0 Å². The van der Waals surface area contributed by atoms with Gasteiger partial charge < -0.3 is 20.3 Å². The summed E-state index contributed by atoms with van der Waals surface area (Å²) in [5.74, 6) is -2.64. The molecule has 0 saturated heterocycles. The number of nitrogens with zero attached hydrogens (tertiary/aromatic N) is 1. The predicted molar refractivity (Wildman–Crippen MR) is 57.8 cm³/mol. The van der Waals surface area contributed by atoms with E-state index < -0.39 is 17.5 Å². The lowest BCUT2D eigenvalue weighted by Crippen LogP contribution is -2.12. The maximum atomic E-state index is 10.5. The van der Waals surface area contributed by atoms with Crippen LogP contribution in [0.3, 0.4) is 0 Å². The first-order valence-corrected chi connectivity index (χ1v) is 4.48. The van der Waals surface area contributed by atoms with Crippen LogP contribution in [0.4, 0.5) is 5.69 Å². The third-order valence-corrected chi connectivity index (χ3v) is 1.79. The fourth-order valence-electron chi connectivity index (χ4n) is 0.957. The van der Waals surface area contributed by atoms with Gasteiger partial charge in [-0.15, -0.1) is 0 Å². The lowest BCUT2D eigenvalue weighted by Gasteiger charge is -2.02.